The van der Waals surface area contributed by atoms with E-state index in [2.05, 4.69) is 4.98 Å². The summed E-state index contributed by atoms with van der Waals surface area (Å²) in [5, 5.41) is 0. The van der Waals surface area contributed by atoms with E-state index in [4.69, 9.17) is 14.6 Å². The summed E-state index contributed by atoms with van der Waals surface area (Å²) in [5.74, 6) is 1.21. The van der Waals surface area contributed by atoms with Gasteiger partial charge in [-0.25, -0.2) is 4.98 Å². The minimum atomic E-state index is 0.502. The average Bonchev–Trinajstić information content (AvgIpc) is 2.58. The lowest BCUT2D eigenvalue weighted by atomic mass is 10.3. The van der Waals surface area contributed by atoms with E-state index in [1.54, 1.807) is 12.3 Å². The van der Waals surface area contributed by atoms with Gasteiger partial charge in [0, 0.05) is 12.5 Å². The maximum absolute atomic E-state index is 5.35. The molecule has 64 valence electrons. The average molecular weight is 166 g/mol. The van der Waals surface area contributed by atoms with Crippen LogP contribution < -0.4 is 5.73 Å². The molecule has 0 aromatic carbocycles. The molecule has 4 nitrogen and oxygen atoms in total. The summed E-state index contributed by atoms with van der Waals surface area (Å²) >= 11 is 0. The number of hydrogen-bond acceptors (Lipinski definition) is 4. The molecule has 2 aromatic rings. The van der Waals surface area contributed by atoms with E-state index in [0.29, 0.717) is 18.2 Å². The van der Waals surface area contributed by atoms with Crippen LogP contribution in [-0.4, -0.2) is 11.5 Å². The van der Waals surface area contributed by atoms with Crippen molar-refractivity contribution in [2.24, 2.45) is 5.73 Å². The van der Waals surface area contributed by atoms with Crippen LogP contribution in [0.3, 0.4) is 0 Å². The van der Waals surface area contributed by atoms with Gasteiger partial charge in [-0.1, -0.05) is 0 Å². The number of oxazole rings is 1. The summed E-state index contributed by atoms with van der Waals surface area (Å²) in [6, 6.07) is 1.78. The van der Waals surface area contributed by atoms with E-state index < -0.39 is 0 Å². The maximum atomic E-state index is 5.35. The Morgan fingerprint density at radius 2 is 2.42 bits per heavy atom. The lowest BCUT2D eigenvalue weighted by Crippen LogP contribution is -2.00. The van der Waals surface area contributed by atoms with Gasteiger partial charge in [0.25, 0.3) is 0 Å². The predicted octanol–water partition coefficient (Wildman–Crippen LogP) is 1.31. The lowest BCUT2D eigenvalue weighted by molar-refractivity contribution is 0.439. The van der Waals surface area contributed by atoms with E-state index in [0.717, 1.165) is 18.4 Å². The Morgan fingerprint density at radius 3 is 3.17 bits per heavy atom. The first-order valence-electron chi connectivity index (χ1n) is 3.93. The van der Waals surface area contributed by atoms with E-state index in [1.165, 1.54) is 0 Å². The molecule has 0 radical (unpaired) electrons. The van der Waals surface area contributed by atoms with Gasteiger partial charge in [-0.05, 0) is 13.0 Å². The Morgan fingerprint density at radius 1 is 1.50 bits per heavy atom. The molecule has 2 rings (SSSR count). The summed E-state index contributed by atoms with van der Waals surface area (Å²) in [6.45, 7) is 0.656. The third-order valence-corrected chi connectivity index (χ3v) is 1.66. The fourth-order valence-electron chi connectivity index (χ4n) is 1.07. The smallest absolute Gasteiger partial charge is 0.318 e. The first kappa shape index (κ1) is 7.36. The van der Waals surface area contributed by atoms with Crippen LogP contribution in [0.5, 0.6) is 0 Å². The van der Waals surface area contributed by atoms with Gasteiger partial charge in [-0.15, -0.1) is 0 Å². The second kappa shape index (κ2) is 2.98. The zero-order chi connectivity index (χ0) is 8.39. The highest BCUT2D eigenvalue weighted by Gasteiger charge is 2.06. The van der Waals surface area contributed by atoms with Crippen LogP contribution in [0, 0.1) is 0 Å². The van der Waals surface area contributed by atoms with Crippen molar-refractivity contribution < 1.29 is 8.83 Å². The fourth-order valence-corrected chi connectivity index (χ4v) is 1.07. The van der Waals surface area contributed by atoms with Gasteiger partial charge >= 0.3 is 5.78 Å². The number of aryl methyl sites for hydroxylation is 1. The molecule has 0 bridgehead atoms. The van der Waals surface area contributed by atoms with Crippen molar-refractivity contribution in [2.75, 3.05) is 6.54 Å². The number of aromatic nitrogens is 1. The minimum Gasteiger partial charge on any atom is -0.432 e. The van der Waals surface area contributed by atoms with Gasteiger partial charge in [-0.2, -0.15) is 0 Å². The second-order valence-corrected chi connectivity index (χ2v) is 2.59. The van der Waals surface area contributed by atoms with Crippen molar-refractivity contribution in [1.82, 2.24) is 4.98 Å². The molecule has 0 unspecified atom stereocenters. The number of fused-ring (bicyclic) bond motifs is 1. The molecule has 2 aromatic heterocycles. The number of nitrogens with two attached hydrogens (primary N) is 1. The Kier molecular flexibility index (Phi) is 1.83. The third-order valence-electron chi connectivity index (χ3n) is 1.66. The molecule has 0 atom stereocenters. The van der Waals surface area contributed by atoms with Gasteiger partial charge in [-0.3, -0.25) is 0 Å². The minimum absolute atomic E-state index is 0.502. The van der Waals surface area contributed by atoms with Crippen LogP contribution in [0.15, 0.2) is 21.2 Å². The molecule has 0 saturated heterocycles. The predicted molar refractivity (Wildman–Crippen MR) is 43.7 cm³/mol. The molecule has 0 aliphatic heterocycles. The Bertz CT molecular complexity index is 335. The van der Waals surface area contributed by atoms with E-state index in [9.17, 15) is 0 Å². The van der Waals surface area contributed by atoms with Gasteiger partial charge in [0.05, 0.1) is 6.26 Å². The third kappa shape index (κ3) is 1.21. The molecule has 12 heavy (non-hydrogen) atoms. The first-order valence-corrected chi connectivity index (χ1v) is 3.93. The molecule has 2 heterocycles. The van der Waals surface area contributed by atoms with Crippen LogP contribution >= 0.6 is 0 Å². The molecule has 0 saturated carbocycles. The van der Waals surface area contributed by atoms with E-state index in [-0.39, 0.29) is 0 Å². The lowest BCUT2D eigenvalue weighted by Gasteiger charge is -1.89. The van der Waals surface area contributed by atoms with Crippen LogP contribution in [0.4, 0.5) is 0 Å². The normalized spacial score (nSPS) is 11.1. The Balaban J connectivity index is 2.21. The number of furan rings is 1. The maximum Gasteiger partial charge on any atom is 0.318 e. The van der Waals surface area contributed by atoms with Crippen molar-refractivity contribution >= 4 is 11.3 Å². The zero-order valence-electron chi connectivity index (χ0n) is 6.62. The Hall–Kier alpha value is -1.29. The highest BCUT2D eigenvalue weighted by molar-refractivity contribution is 5.65. The summed E-state index contributed by atoms with van der Waals surface area (Å²) in [5.41, 5.74) is 6.13. The van der Waals surface area contributed by atoms with Crippen LogP contribution in [0.2, 0.25) is 0 Å². The van der Waals surface area contributed by atoms with Crippen LogP contribution in [-0.2, 0) is 6.42 Å². The topological polar surface area (TPSA) is 65.2 Å². The zero-order valence-corrected chi connectivity index (χ0v) is 6.62. The highest BCUT2D eigenvalue weighted by atomic mass is 16.5. The van der Waals surface area contributed by atoms with Crippen molar-refractivity contribution in [3.63, 3.8) is 0 Å². The summed E-state index contributed by atoms with van der Waals surface area (Å²) in [6.07, 6.45) is 3.23. The van der Waals surface area contributed by atoms with E-state index >= 15 is 0 Å². The molecule has 0 amide bonds. The quantitative estimate of drug-likeness (QED) is 0.746. The number of hydrogen-bond donors (Lipinski definition) is 1. The molecule has 4 heteroatoms. The molecule has 0 spiro atoms. The van der Waals surface area contributed by atoms with Gasteiger partial charge in [0.15, 0.2) is 11.4 Å². The summed E-state index contributed by atoms with van der Waals surface area (Å²) < 4.78 is 10.3. The molecule has 2 N–H and O–H groups in total. The van der Waals surface area contributed by atoms with Crippen molar-refractivity contribution in [1.29, 1.82) is 0 Å². The molecular weight excluding hydrogens is 156 g/mol. The van der Waals surface area contributed by atoms with E-state index in [1.807, 2.05) is 0 Å². The van der Waals surface area contributed by atoms with Gasteiger partial charge < -0.3 is 14.6 Å². The first-order chi connectivity index (χ1) is 5.90. The summed E-state index contributed by atoms with van der Waals surface area (Å²) in [4.78, 5) is 4.19. The second-order valence-electron chi connectivity index (χ2n) is 2.59. The standard InChI is InChI=1S/C8H10N2O2/c9-4-1-2-7-10-6-3-5-11-8(6)12-7/h3,5H,1-2,4,9H2. The number of nitrogens with zero attached hydrogens (tertiary/aromatic N) is 1. The highest BCUT2D eigenvalue weighted by Crippen LogP contribution is 2.16. The van der Waals surface area contributed by atoms with Crippen molar-refractivity contribution in [3.8, 4) is 0 Å². The van der Waals surface area contributed by atoms with Crippen LogP contribution in [0.25, 0.3) is 11.3 Å². The molecule has 0 aliphatic carbocycles. The monoisotopic (exact) mass is 166 g/mol. The molecule has 0 fully saturated rings. The number of rotatable bonds is 3. The van der Waals surface area contributed by atoms with Crippen molar-refractivity contribution in [2.45, 2.75) is 12.8 Å². The SMILES string of the molecule is NCCCc1nc2ccoc2o1. The molecular formula is C8H10N2O2. The van der Waals surface area contributed by atoms with Gasteiger partial charge in [0.1, 0.15) is 0 Å². The van der Waals surface area contributed by atoms with Crippen LogP contribution in [0.1, 0.15) is 12.3 Å². The summed E-state index contributed by atoms with van der Waals surface area (Å²) in [7, 11) is 0. The van der Waals surface area contributed by atoms with Crippen molar-refractivity contribution in [3.05, 3.63) is 18.2 Å². The fraction of sp³-hybridized carbons (Fsp3) is 0.375. The molecule has 0 aliphatic rings. The largest absolute Gasteiger partial charge is 0.432 e. The van der Waals surface area contributed by atoms with Gasteiger partial charge in [0.2, 0.25) is 0 Å². The Labute approximate surface area is 69.4 Å².